The number of aromatic amines is 1. The molecule has 0 aliphatic carbocycles. The van der Waals surface area contributed by atoms with Crippen LogP contribution in [0.5, 0.6) is 0 Å². The number of benzene rings is 1. The maximum Gasteiger partial charge on any atom is 0.326 e. The summed E-state index contributed by atoms with van der Waals surface area (Å²) in [6, 6.07) is 2.81. The van der Waals surface area contributed by atoms with Crippen molar-refractivity contribution in [3.05, 3.63) is 36.0 Å². The second kappa shape index (κ2) is 16.5. The van der Waals surface area contributed by atoms with E-state index in [1.807, 2.05) is 30.5 Å². The van der Waals surface area contributed by atoms with Crippen LogP contribution < -0.4 is 33.2 Å². The molecule has 0 aliphatic heterocycles. The number of aromatic nitrogens is 1. The number of primary amides is 1. The number of fused-ring (bicyclic) bond motifs is 1. The fourth-order valence-electron chi connectivity index (χ4n) is 4.12. The second-order valence-electron chi connectivity index (χ2n) is 9.43. The Morgan fingerprint density at radius 3 is 2.25 bits per heavy atom. The smallest absolute Gasteiger partial charge is 0.326 e. The van der Waals surface area contributed by atoms with Crippen LogP contribution in [0.25, 0.3) is 10.9 Å². The largest absolute Gasteiger partial charge is 0.480 e. The Kier molecular flexibility index (Phi) is 13.4. The number of H-pyrrole nitrogens is 1. The van der Waals surface area contributed by atoms with E-state index in [-0.39, 0.29) is 19.3 Å². The number of hydrogen-bond acceptors (Lipinski definition) is 8. The van der Waals surface area contributed by atoms with Crippen LogP contribution in [0.15, 0.2) is 30.5 Å². The third-order valence-corrected chi connectivity index (χ3v) is 6.94. The first kappa shape index (κ1) is 32.6. The van der Waals surface area contributed by atoms with Gasteiger partial charge in [-0.2, -0.15) is 11.8 Å². The van der Waals surface area contributed by atoms with Crippen LogP contribution in [0.1, 0.15) is 37.7 Å². The minimum atomic E-state index is -1.24. The summed E-state index contributed by atoms with van der Waals surface area (Å²) in [5, 5.41) is 18.3. The number of carbonyl (C=O) groups excluding carboxylic acids is 4. The number of carboxylic acid groups (broad SMARTS) is 1. The summed E-state index contributed by atoms with van der Waals surface area (Å²) in [6.07, 6.45) is 4.72. The van der Waals surface area contributed by atoms with E-state index in [9.17, 15) is 29.1 Å². The van der Waals surface area contributed by atoms with Crippen LogP contribution >= 0.6 is 11.8 Å². The van der Waals surface area contributed by atoms with Crippen molar-refractivity contribution < 1.29 is 29.1 Å². The molecule has 0 spiro atoms. The van der Waals surface area contributed by atoms with Crippen molar-refractivity contribution in [1.82, 2.24) is 20.9 Å². The van der Waals surface area contributed by atoms with Crippen molar-refractivity contribution >= 4 is 52.3 Å². The van der Waals surface area contributed by atoms with Gasteiger partial charge in [-0.1, -0.05) is 18.2 Å². The maximum atomic E-state index is 13.4. The number of rotatable bonds is 18. The van der Waals surface area contributed by atoms with Gasteiger partial charge in [-0.25, -0.2) is 4.79 Å². The van der Waals surface area contributed by atoms with Crippen LogP contribution in [-0.4, -0.2) is 82.4 Å². The van der Waals surface area contributed by atoms with Crippen LogP contribution in [0.4, 0.5) is 0 Å². The number of thioether (sulfide) groups is 1. The Balaban J connectivity index is 2.29. The van der Waals surface area contributed by atoms with E-state index in [1.165, 1.54) is 11.8 Å². The molecule has 4 atom stereocenters. The van der Waals surface area contributed by atoms with E-state index in [0.29, 0.717) is 25.1 Å². The monoisotopic (exact) mass is 577 g/mol. The summed E-state index contributed by atoms with van der Waals surface area (Å²) in [7, 11) is 0. The third kappa shape index (κ3) is 10.2. The SMILES string of the molecule is CSCCC(NC(=O)C(N)CC(N)=O)C(=O)NC(Cc1c[nH]c2ccccc12)C(=O)NC(CCCCN)C(=O)O. The van der Waals surface area contributed by atoms with Gasteiger partial charge >= 0.3 is 5.97 Å². The highest BCUT2D eigenvalue weighted by atomic mass is 32.2. The highest BCUT2D eigenvalue weighted by molar-refractivity contribution is 7.98. The topological polar surface area (TPSA) is 236 Å². The quantitative estimate of drug-likeness (QED) is 0.105. The van der Waals surface area contributed by atoms with E-state index in [2.05, 4.69) is 20.9 Å². The third-order valence-electron chi connectivity index (χ3n) is 6.29. The summed E-state index contributed by atoms with van der Waals surface area (Å²) in [6.45, 7) is 0.395. The number of aliphatic carboxylic acids is 1. The van der Waals surface area contributed by atoms with Gasteiger partial charge in [-0.05, 0) is 55.9 Å². The van der Waals surface area contributed by atoms with E-state index in [1.54, 1.807) is 6.20 Å². The molecule has 40 heavy (non-hydrogen) atoms. The van der Waals surface area contributed by atoms with Crippen molar-refractivity contribution in [3.8, 4) is 0 Å². The van der Waals surface area contributed by atoms with Crippen LogP contribution in [0.2, 0.25) is 0 Å². The Morgan fingerprint density at radius 1 is 0.950 bits per heavy atom. The van der Waals surface area contributed by atoms with Gasteiger partial charge in [0.15, 0.2) is 0 Å². The predicted molar refractivity (Wildman–Crippen MR) is 153 cm³/mol. The molecule has 0 saturated heterocycles. The maximum absolute atomic E-state index is 13.4. The van der Waals surface area contributed by atoms with Crippen molar-refractivity contribution in [2.45, 2.75) is 62.7 Å². The number of nitrogens with one attached hydrogen (secondary N) is 4. The molecular weight excluding hydrogens is 538 g/mol. The Labute approximate surface area is 236 Å². The standard InChI is InChI=1S/C26H39N7O6S/c1-40-11-9-19(31-23(35)17(28)13-22(29)34)24(36)33-21(12-15-14-30-18-7-3-2-6-16(15)18)25(37)32-20(26(38)39)8-4-5-10-27/h2-3,6-7,14,17,19-21,30H,4-5,8-13,27-28H2,1H3,(H2,29,34)(H,31,35)(H,32,37)(H,33,36)(H,38,39). The Bertz CT molecular complexity index is 1170. The van der Waals surface area contributed by atoms with Gasteiger partial charge in [-0.3, -0.25) is 19.2 Å². The molecule has 0 saturated carbocycles. The molecule has 14 heteroatoms. The fourth-order valence-corrected chi connectivity index (χ4v) is 4.59. The zero-order chi connectivity index (χ0) is 29.7. The first-order chi connectivity index (χ1) is 19.1. The first-order valence-corrected chi connectivity index (χ1v) is 14.4. The molecule has 0 aliphatic rings. The summed E-state index contributed by atoms with van der Waals surface area (Å²) < 4.78 is 0. The highest BCUT2D eigenvalue weighted by Crippen LogP contribution is 2.19. The second-order valence-corrected chi connectivity index (χ2v) is 10.4. The summed E-state index contributed by atoms with van der Waals surface area (Å²) in [5.74, 6) is -3.52. The lowest BCUT2D eigenvalue weighted by atomic mass is 10.0. The van der Waals surface area contributed by atoms with E-state index in [0.717, 1.165) is 16.5 Å². The highest BCUT2D eigenvalue weighted by Gasteiger charge is 2.31. The van der Waals surface area contributed by atoms with E-state index < -0.39 is 60.2 Å². The van der Waals surface area contributed by atoms with Gasteiger partial charge < -0.3 is 43.2 Å². The summed E-state index contributed by atoms with van der Waals surface area (Å²) >= 11 is 1.45. The lowest BCUT2D eigenvalue weighted by Crippen LogP contribution is -2.58. The number of hydrogen-bond donors (Lipinski definition) is 8. The number of carboxylic acids is 1. The van der Waals surface area contributed by atoms with E-state index >= 15 is 0 Å². The molecule has 1 aromatic carbocycles. The van der Waals surface area contributed by atoms with Crippen molar-refractivity contribution in [1.29, 1.82) is 0 Å². The lowest BCUT2D eigenvalue weighted by molar-refractivity contribution is -0.142. The predicted octanol–water partition coefficient (Wildman–Crippen LogP) is -0.666. The molecule has 4 amide bonds. The number of unbranched alkanes of at least 4 members (excludes halogenated alkanes) is 1. The van der Waals surface area contributed by atoms with Gasteiger partial charge in [-0.15, -0.1) is 0 Å². The molecule has 0 radical (unpaired) electrons. The molecule has 0 bridgehead atoms. The van der Waals surface area contributed by atoms with Crippen molar-refractivity contribution in [3.63, 3.8) is 0 Å². The zero-order valence-corrected chi connectivity index (χ0v) is 23.3. The fraction of sp³-hybridized carbons (Fsp3) is 0.500. The minimum absolute atomic E-state index is 0.0567. The molecule has 11 N–H and O–H groups in total. The van der Waals surface area contributed by atoms with Gasteiger partial charge in [0.05, 0.1) is 12.5 Å². The molecule has 0 fully saturated rings. The number of amides is 4. The van der Waals surface area contributed by atoms with Gasteiger partial charge in [0.2, 0.25) is 23.6 Å². The van der Waals surface area contributed by atoms with Crippen LogP contribution in [0, 0.1) is 0 Å². The zero-order valence-electron chi connectivity index (χ0n) is 22.5. The molecule has 220 valence electrons. The minimum Gasteiger partial charge on any atom is -0.480 e. The van der Waals surface area contributed by atoms with Crippen molar-refractivity contribution in [2.24, 2.45) is 17.2 Å². The van der Waals surface area contributed by atoms with Gasteiger partial charge in [0.1, 0.15) is 18.1 Å². The molecule has 2 rings (SSSR count). The van der Waals surface area contributed by atoms with E-state index in [4.69, 9.17) is 17.2 Å². The molecule has 1 heterocycles. The molecular formula is C26H39N7O6S. The van der Waals surface area contributed by atoms with Crippen LogP contribution in [0.3, 0.4) is 0 Å². The van der Waals surface area contributed by atoms with Crippen molar-refractivity contribution in [2.75, 3.05) is 18.6 Å². The summed E-state index contributed by atoms with van der Waals surface area (Å²) in [5.41, 5.74) is 17.9. The molecule has 2 aromatic rings. The number of carbonyl (C=O) groups is 5. The first-order valence-electron chi connectivity index (χ1n) is 13.0. The molecule has 13 nitrogen and oxygen atoms in total. The Hall–Kier alpha value is -3.62. The van der Waals surface area contributed by atoms with Gasteiger partial charge in [0, 0.05) is 23.5 Å². The molecule has 4 unspecified atom stereocenters. The summed E-state index contributed by atoms with van der Waals surface area (Å²) in [4.78, 5) is 65.4. The van der Waals surface area contributed by atoms with Crippen LogP contribution in [-0.2, 0) is 30.4 Å². The average molecular weight is 578 g/mol. The average Bonchev–Trinajstić information content (AvgIpc) is 3.32. The number of nitrogens with two attached hydrogens (primary N) is 3. The Morgan fingerprint density at radius 2 is 1.60 bits per heavy atom. The van der Waals surface area contributed by atoms with Gasteiger partial charge in [0.25, 0.3) is 0 Å². The lowest BCUT2D eigenvalue weighted by Gasteiger charge is -2.25. The molecule has 1 aromatic heterocycles. The number of para-hydroxylation sites is 1. The normalized spacial score (nSPS) is 14.1.